The Labute approximate surface area is 202 Å². The molecule has 0 fully saturated rings. The molecule has 1 amide bonds. The molecule has 0 atom stereocenters. The minimum Gasteiger partial charge on any atom is -0.492 e. The molecule has 1 N–H and O–H groups in total. The standard InChI is InChI=1S/C26H25FN4O2S/c1-19-8-7-11-21(16-19)33-15-14-28-24(32)18-34-26-30-29-25(22-12-5-6-13-23(22)27)31(26)17-20-9-3-2-4-10-20/h2-13,16H,14-15,17-18H2,1H3,(H,28,32). The lowest BCUT2D eigenvalue weighted by atomic mass is 10.2. The molecule has 1 aromatic heterocycles. The number of aromatic nitrogens is 3. The second kappa shape index (κ2) is 11.5. The van der Waals surface area contributed by atoms with E-state index in [2.05, 4.69) is 15.5 Å². The molecule has 0 radical (unpaired) electrons. The first-order valence-corrected chi connectivity index (χ1v) is 11.9. The van der Waals surface area contributed by atoms with E-state index in [4.69, 9.17) is 4.74 Å². The van der Waals surface area contributed by atoms with Crippen LogP contribution in [-0.2, 0) is 11.3 Å². The highest BCUT2D eigenvalue weighted by atomic mass is 32.2. The van der Waals surface area contributed by atoms with E-state index in [9.17, 15) is 9.18 Å². The molecule has 0 saturated carbocycles. The van der Waals surface area contributed by atoms with Crippen LogP contribution >= 0.6 is 11.8 Å². The fourth-order valence-electron chi connectivity index (χ4n) is 3.39. The van der Waals surface area contributed by atoms with Crippen molar-refractivity contribution < 1.29 is 13.9 Å². The van der Waals surface area contributed by atoms with Crippen molar-refractivity contribution in [2.75, 3.05) is 18.9 Å². The molecule has 4 aromatic rings. The first-order valence-electron chi connectivity index (χ1n) is 10.9. The van der Waals surface area contributed by atoms with Gasteiger partial charge in [0, 0.05) is 0 Å². The van der Waals surface area contributed by atoms with Crippen LogP contribution < -0.4 is 10.1 Å². The van der Waals surface area contributed by atoms with Crippen molar-refractivity contribution in [2.24, 2.45) is 0 Å². The normalized spacial score (nSPS) is 10.8. The van der Waals surface area contributed by atoms with Gasteiger partial charge in [0.05, 0.1) is 24.4 Å². The number of aryl methyl sites for hydroxylation is 1. The molecule has 4 rings (SSSR count). The smallest absolute Gasteiger partial charge is 0.230 e. The lowest BCUT2D eigenvalue weighted by Gasteiger charge is -2.11. The molecule has 0 aliphatic heterocycles. The van der Waals surface area contributed by atoms with Gasteiger partial charge in [0.15, 0.2) is 11.0 Å². The number of rotatable bonds is 10. The molecule has 0 aliphatic carbocycles. The van der Waals surface area contributed by atoms with Crippen LogP contribution in [0.1, 0.15) is 11.1 Å². The van der Waals surface area contributed by atoms with E-state index in [-0.39, 0.29) is 17.5 Å². The van der Waals surface area contributed by atoms with Crippen molar-refractivity contribution in [3.63, 3.8) is 0 Å². The lowest BCUT2D eigenvalue weighted by Crippen LogP contribution is -2.29. The average molecular weight is 477 g/mol. The highest BCUT2D eigenvalue weighted by molar-refractivity contribution is 7.99. The second-order valence-electron chi connectivity index (χ2n) is 7.66. The number of benzene rings is 3. The summed E-state index contributed by atoms with van der Waals surface area (Å²) >= 11 is 1.27. The van der Waals surface area contributed by atoms with Crippen molar-refractivity contribution >= 4 is 17.7 Å². The van der Waals surface area contributed by atoms with Crippen LogP contribution in [0.3, 0.4) is 0 Å². The van der Waals surface area contributed by atoms with Crippen molar-refractivity contribution in [1.82, 2.24) is 20.1 Å². The van der Waals surface area contributed by atoms with Gasteiger partial charge in [-0.1, -0.05) is 66.4 Å². The highest BCUT2D eigenvalue weighted by Crippen LogP contribution is 2.27. The molecule has 0 unspecified atom stereocenters. The van der Waals surface area contributed by atoms with Gasteiger partial charge in [-0.05, 0) is 42.3 Å². The van der Waals surface area contributed by atoms with Crippen molar-refractivity contribution in [1.29, 1.82) is 0 Å². The SMILES string of the molecule is Cc1cccc(OCCNC(=O)CSc2nnc(-c3ccccc3F)n2Cc2ccccc2)c1. The summed E-state index contributed by atoms with van der Waals surface area (Å²) in [5, 5.41) is 11.9. The number of nitrogens with one attached hydrogen (secondary N) is 1. The van der Waals surface area contributed by atoms with E-state index >= 15 is 0 Å². The molecule has 0 bridgehead atoms. The van der Waals surface area contributed by atoms with E-state index in [1.807, 2.05) is 66.1 Å². The third-order valence-corrected chi connectivity index (χ3v) is 6.00. The van der Waals surface area contributed by atoms with E-state index < -0.39 is 0 Å². The third-order valence-electron chi connectivity index (χ3n) is 5.03. The predicted octanol–water partition coefficient (Wildman–Crippen LogP) is 4.73. The number of carbonyl (C=O) groups is 1. The Morgan fingerprint density at radius 3 is 2.62 bits per heavy atom. The number of ether oxygens (including phenoxy) is 1. The molecule has 34 heavy (non-hydrogen) atoms. The van der Waals surface area contributed by atoms with Gasteiger partial charge in [0.25, 0.3) is 0 Å². The third kappa shape index (κ3) is 6.23. The number of halogens is 1. The molecule has 174 valence electrons. The summed E-state index contributed by atoms with van der Waals surface area (Å²) in [6.45, 7) is 3.23. The summed E-state index contributed by atoms with van der Waals surface area (Å²) < 4.78 is 22.0. The number of nitrogens with zero attached hydrogens (tertiary/aromatic N) is 3. The van der Waals surface area contributed by atoms with Crippen LogP contribution in [0.25, 0.3) is 11.4 Å². The topological polar surface area (TPSA) is 69.0 Å². The van der Waals surface area contributed by atoms with E-state index in [1.165, 1.54) is 17.8 Å². The van der Waals surface area contributed by atoms with Gasteiger partial charge in [-0.2, -0.15) is 0 Å². The molecular weight excluding hydrogens is 451 g/mol. The summed E-state index contributed by atoms with van der Waals surface area (Å²) in [6.07, 6.45) is 0. The molecule has 0 aliphatic rings. The van der Waals surface area contributed by atoms with Crippen LogP contribution in [0, 0.1) is 12.7 Å². The fourth-order valence-corrected chi connectivity index (χ4v) is 4.16. The van der Waals surface area contributed by atoms with Gasteiger partial charge in [0.1, 0.15) is 18.2 Å². The summed E-state index contributed by atoms with van der Waals surface area (Å²) in [5.74, 6) is 0.857. The summed E-state index contributed by atoms with van der Waals surface area (Å²) in [4.78, 5) is 12.4. The first-order chi connectivity index (χ1) is 16.6. The molecule has 6 nitrogen and oxygen atoms in total. The average Bonchev–Trinajstić information content (AvgIpc) is 3.23. The van der Waals surface area contributed by atoms with Gasteiger partial charge in [-0.3, -0.25) is 9.36 Å². The molecule has 0 spiro atoms. The van der Waals surface area contributed by atoms with Crippen LogP contribution in [0.2, 0.25) is 0 Å². The van der Waals surface area contributed by atoms with Gasteiger partial charge in [-0.25, -0.2) is 4.39 Å². The molecule has 1 heterocycles. The zero-order chi connectivity index (χ0) is 23.8. The Morgan fingerprint density at radius 1 is 1.03 bits per heavy atom. The van der Waals surface area contributed by atoms with Crippen molar-refractivity contribution in [2.45, 2.75) is 18.6 Å². The maximum atomic E-state index is 14.5. The Kier molecular flexibility index (Phi) is 7.93. The largest absolute Gasteiger partial charge is 0.492 e. The van der Waals surface area contributed by atoms with Crippen molar-refractivity contribution in [3.05, 3.63) is 95.8 Å². The minimum absolute atomic E-state index is 0.139. The number of amides is 1. The maximum absolute atomic E-state index is 14.5. The summed E-state index contributed by atoms with van der Waals surface area (Å²) in [6, 6.07) is 24.0. The number of carbonyl (C=O) groups excluding carboxylic acids is 1. The molecule has 8 heteroatoms. The van der Waals surface area contributed by atoms with Gasteiger partial charge >= 0.3 is 0 Å². The van der Waals surface area contributed by atoms with E-state index in [0.29, 0.717) is 36.2 Å². The Morgan fingerprint density at radius 2 is 1.82 bits per heavy atom. The van der Waals surface area contributed by atoms with Gasteiger partial charge < -0.3 is 10.1 Å². The fraction of sp³-hybridized carbons (Fsp3) is 0.192. The molecule has 3 aromatic carbocycles. The van der Waals surface area contributed by atoms with Crippen molar-refractivity contribution in [3.8, 4) is 17.1 Å². The lowest BCUT2D eigenvalue weighted by molar-refractivity contribution is -0.118. The van der Waals surface area contributed by atoms with Gasteiger partial charge in [-0.15, -0.1) is 10.2 Å². The Balaban J connectivity index is 1.39. The van der Waals surface area contributed by atoms with Crippen LogP contribution in [0.4, 0.5) is 4.39 Å². The number of hydrogen-bond acceptors (Lipinski definition) is 5. The molecular formula is C26H25FN4O2S. The second-order valence-corrected chi connectivity index (χ2v) is 8.60. The minimum atomic E-state index is -0.368. The number of thioether (sulfide) groups is 1. The molecule has 0 saturated heterocycles. The first kappa shape index (κ1) is 23.5. The van der Waals surface area contributed by atoms with Crippen LogP contribution in [0.15, 0.2) is 84.0 Å². The van der Waals surface area contributed by atoms with Crippen LogP contribution in [0.5, 0.6) is 5.75 Å². The highest BCUT2D eigenvalue weighted by Gasteiger charge is 2.18. The van der Waals surface area contributed by atoms with Gasteiger partial charge in [0.2, 0.25) is 5.91 Å². The van der Waals surface area contributed by atoms with Crippen LogP contribution in [-0.4, -0.2) is 39.6 Å². The zero-order valence-corrected chi connectivity index (χ0v) is 19.6. The van der Waals surface area contributed by atoms with E-state index in [1.54, 1.807) is 18.2 Å². The summed E-state index contributed by atoms with van der Waals surface area (Å²) in [7, 11) is 0. The summed E-state index contributed by atoms with van der Waals surface area (Å²) in [5.41, 5.74) is 2.52. The number of hydrogen-bond donors (Lipinski definition) is 1. The monoisotopic (exact) mass is 476 g/mol. The van der Waals surface area contributed by atoms with E-state index in [0.717, 1.165) is 16.9 Å². The Hall–Kier alpha value is -3.65. The Bertz CT molecular complexity index is 1250. The zero-order valence-electron chi connectivity index (χ0n) is 18.8. The maximum Gasteiger partial charge on any atom is 0.230 e. The quantitative estimate of drug-likeness (QED) is 0.265. The predicted molar refractivity (Wildman–Crippen MR) is 131 cm³/mol.